The van der Waals surface area contributed by atoms with Gasteiger partial charge in [-0.05, 0) is 43.0 Å². The standard InChI is InChI=1S/C18H22FN3OS/c1-13-3-2-8-22(10-13)11-16-12-24-18(20-16)21-17(23)9-14-4-6-15(19)7-5-14/h4-7,12-13H,2-3,8-11H2,1H3,(H,20,21,23). The van der Waals surface area contributed by atoms with Gasteiger partial charge in [-0.2, -0.15) is 0 Å². The van der Waals surface area contributed by atoms with Gasteiger partial charge in [-0.15, -0.1) is 11.3 Å². The van der Waals surface area contributed by atoms with Crippen LogP contribution in [0.4, 0.5) is 9.52 Å². The third kappa shape index (κ3) is 4.85. The lowest BCUT2D eigenvalue weighted by molar-refractivity contribution is -0.115. The summed E-state index contributed by atoms with van der Waals surface area (Å²) in [6, 6.07) is 5.98. The van der Waals surface area contributed by atoms with Crippen LogP contribution in [0.2, 0.25) is 0 Å². The number of nitrogens with one attached hydrogen (secondary N) is 1. The van der Waals surface area contributed by atoms with Crippen molar-refractivity contribution in [1.82, 2.24) is 9.88 Å². The average molecular weight is 347 g/mol. The molecule has 24 heavy (non-hydrogen) atoms. The van der Waals surface area contributed by atoms with E-state index in [1.807, 2.05) is 5.38 Å². The Morgan fingerprint density at radius 3 is 2.96 bits per heavy atom. The summed E-state index contributed by atoms with van der Waals surface area (Å²) in [7, 11) is 0. The number of benzene rings is 1. The van der Waals surface area contributed by atoms with Gasteiger partial charge in [0.25, 0.3) is 0 Å². The molecule has 6 heteroatoms. The van der Waals surface area contributed by atoms with Crippen LogP contribution in [0.5, 0.6) is 0 Å². The minimum Gasteiger partial charge on any atom is -0.302 e. The lowest BCUT2D eigenvalue weighted by Crippen LogP contribution is -2.33. The highest BCUT2D eigenvalue weighted by Gasteiger charge is 2.17. The molecule has 0 aliphatic carbocycles. The zero-order valence-electron chi connectivity index (χ0n) is 13.8. The number of carbonyl (C=O) groups is 1. The summed E-state index contributed by atoms with van der Waals surface area (Å²) >= 11 is 1.45. The molecule has 2 heterocycles. The molecule has 0 saturated carbocycles. The molecule has 1 saturated heterocycles. The average Bonchev–Trinajstić information content (AvgIpc) is 2.96. The molecule has 1 amide bonds. The van der Waals surface area contributed by atoms with Gasteiger partial charge in [0.1, 0.15) is 5.82 Å². The molecule has 0 spiro atoms. The van der Waals surface area contributed by atoms with Crippen LogP contribution in [0.3, 0.4) is 0 Å². The number of halogens is 1. The van der Waals surface area contributed by atoms with Gasteiger partial charge in [-0.1, -0.05) is 19.1 Å². The van der Waals surface area contributed by atoms with Crippen molar-refractivity contribution in [1.29, 1.82) is 0 Å². The number of hydrogen-bond acceptors (Lipinski definition) is 4. The van der Waals surface area contributed by atoms with Gasteiger partial charge >= 0.3 is 0 Å². The first-order valence-corrected chi connectivity index (χ1v) is 9.17. The summed E-state index contributed by atoms with van der Waals surface area (Å²) in [5, 5.41) is 5.46. The fraction of sp³-hybridized carbons (Fsp3) is 0.444. The Morgan fingerprint density at radius 2 is 2.21 bits per heavy atom. The Labute approximate surface area is 145 Å². The van der Waals surface area contributed by atoms with E-state index in [1.165, 1.54) is 36.3 Å². The molecule has 4 nitrogen and oxygen atoms in total. The number of likely N-dealkylation sites (tertiary alicyclic amines) is 1. The number of aromatic nitrogens is 1. The molecule has 1 unspecified atom stereocenters. The summed E-state index contributed by atoms with van der Waals surface area (Å²) in [4.78, 5) is 19.0. The third-order valence-corrected chi connectivity index (χ3v) is 5.01. The first-order chi connectivity index (χ1) is 11.6. The van der Waals surface area contributed by atoms with Crippen molar-refractivity contribution in [3.05, 3.63) is 46.7 Å². The van der Waals surface area contributed by atoms with Crippen molar-refractivity contribution in [3.8, 4) is 0 Å². The van der Waals surface area contributed by atoms with Crippen LogP contribution in [-0.2, 0) is 17.8 Å². The van der Waals surface area contributed by atoms with Gasteiger partial charge < -0.3 is 5.32 Å². The minimum absolute atomic E-state index is 0.130. The predicted molar refractivity (Wildman–Crippen MR) is 94.5 cm³/mol. The molecule has 1 aliphatic heterocycles. The number of anilines is 1. The number of nitrogens with zero attached hydrogens (tertiary/aromatic N) is 2. The van der Waals surface area contributed by atoms with E-state index in [9.17, 15) is 9.18 Å². The van der Waals surface area contributed by atoms with Crippen LogP contribution in [0, 0.1) is 11.7 Å². The highest BCUT2D eigenvalue weighted by Crippen LogP contribution is 2.21. The van der Waals surface area contributed by atoms with Crippen LogP contribution in [0.15, 0.2) is 29.6 Å². The summed E-state index contributed by atoms with van der Waals surface area (Å²) in [5.74, 6) is 0.317. The Morgan fingerprint density at radius 1 is 1.42 bits per heavy atom. The first kappa shape index (κ1) is 17.0. The maximum atomic E-state index is 12.9. The molecule has 0 bridgehead atoms. The highest BCUT2D eigenvalue weighted by atomic mass is 32.1. The number of carbonyl (C=O) groups excluding carboxylic acids is 1. The molecule has 2 aromatic rings. The van der Waals surface area contributed by atoms with Gasteiger partial charge in [0.2, 0.25) is 5.91 Å². The lowest BCUT2D eigenvalue weighted by Gasteiger charge is -2.30. The van der Waals surface area contributed by atoms with Crippen molar-refractivity contribution in [2.45, 2.75) is 32.7 Å². The largest absolute Gasteiger partial charge is 0.302 e. The first-order valence-electron chi connectivity index (χ1n) is 8.29. The van der Waals surface area contributed by atoms with E-state index in [1.54, 1.807) is 12.1 Å². The van der Waals surface area contributed by atoms with Crippen LogP contribution in [-0.4, -0.2) is 28.9 Å². The second-order valence-electron chi connectivity index (χ2n) is 6.48. The molecule has 1 atom stereocenters. The van der Waals surface area contributed by atoms with Crippen molar-refractivity contribution < 1.29 is 9.18 Å². The van der Waals surface area contributed by atoms with Crippen molar-refractivity contribution in [3.63, 3.8) is 0 Å². The summed E-state index contributed by atoms with van der Waals surface area (Å²) < 4.78 is 12.9. The number of rotatable bonds is 5. The van der Waals surface area contributed by atoms with E-state index in [0.717, 1.165) is 36.8 Å². The van der Waals surface area contributed by atoms with Crippen molar-refractivity contribution in [2.75, 3.05) is 18.4 Å². The van der Waals surface area contributed by atoms with Crippen molar-refractivity contribution >= 4 is 22.4 Å². The number of amides is 1. The van der Waals surface area contributed by atoms with Crippen LogP contribution in [0.1, 0.15) is 31.0 Å². The minimum atomic E-state index is -0.296. The predicted octanol–water partition coefficient (Wildman–Crippen LogP) is 3.70. The van der Waals surface area contributed by atoms with E-state index >= 15 is 0 Å². The van der Waals surface area contributed by atoms with Gasteiger partial charge in [0.05, 0.1) is 12.1 Å². The van der Waals surface area contributed by atoms with Crippen LogP contribution in [0.25, 0.3) is 0 Å². The molecule has 1 aliphatic rings. The lowest BCUT2D eigenvalue weighted by atomic mass is 10.0. The van der Waals surface area contributed by atoms with E-state index in [4.69, 9.17) is 0 Å². The summed E-state index contributed by atoms with van der Waals surface area (Å²) in [6.07, 6.45) is 2.77. The van der Waals surface area contributed by atoms with Gasteiger partial charge in [0, 0.05) is 18.5 Å². The topological polar surface area (TPSA) is 45.2 Å². The quantitative estimate of drug-likeness (QED) is 0.897. The summed E-state index contributed by atoms with van der Waals surface area (Å²) in [6.45, 7) is 5.36. The van der Waals surface area contributed by atoms with Gasteiger partial charge in [-0.25, -0.2) is 9.37 Å². The van der Waals surface area contributed by atoms with Gasteiger partial charge in [-0.3, -0.25) is 9.69 Å². The normalized spacial score (nSPS) is 18.5. The molecular formula is C18H22FN3OS. The molecule has 1 fully saturated rings. The Balaban J connectivity index is 1.51. The highest BCUT2D eigenvalue weighted by molar-refractivity contribution is 7.13. The second-order valence-corrected chi connectivity index (χ2v) is 7.34. The van der Waals surface area contributed by atoms with Crippen LogP contribution >= 0.6 is 11.3 Å². The monoisotopic (exact) mass is 347 g/mol. The fourth-order valence-electron chi connectivity index (χ4n) is 3.05. The molecule has 0 radical (unpaired) electrons. The molecule has 1 aromatic carbocycles. The zero-order chi connectivity index (χ0) is 16.9. The number of thiazole rings is 1. The molecule has 1 aromatic heterocycles. The van der Waals surface area contributed by atoms with E-state index < -0.39 is 0 Å². The zero-order valence-corrected chi connectivity index (χ0v) is 14.6. The Hall–Kier alpha value is -1.79. The SMILES string of the molecule is CC1CCCN(Cc2csc(NC(=O)Cc3ccc(F)cc3)n2)C1. The molecule has 1 N–H and O–H groups in total. The fourth-order valence-corrected chi connectivity index (χ4v) is 3.77. The van der Waals surface area contributed by atoms with E-state index in [-0.39, 0.29) is 18.1 Å². The molecule has 3 rings (SSSR count). The van der Waals surface area contributed by atoms with Gasteiger partial charge in [0.15, 0.2) is 5.13 Å². The van der Waals surface area contributed by atoms with E-state index in [0.29, 0.717) is 5.13 Å². The Bertz CT molecular complexity index is 686. The number of piperidine rings is 1. The second kappa shape index (κ2) is 7.85. The molecule has 128 valence electrons. The third-order valence-electron chi connectivity index (χ3n) is 4.20. The maximum absolute atomic E-state index is 12.9. The van der Waals surface area contributed by atoms with E-state index in [2.05, 4.69) is 22.1 Å². The maximum Gasteiger partial charge on any atom is 0.230 e. The molecular weight excluding hydrogens is 325 g/mol. The summed E-state index contributed by atoms with van der Waals surface area (Å²) in [5.41, 5.74) is 1.79. The van der Waals surface area contributed by atoms with Crippen molar-refractivity contribution in [2.24, 2.45) is 5.92 Å². The smallest absolute Gasteiger partial charge is 0.230 e. The Kier molecular flexibility index (Phi) is 5.58. The van der Waals surface area contributed by atoms with Crippen LogP contribution < -0.4 is 5.32 Å². The number of hydrogen-bond donors (Lipinski definition) is 1.